The van der Waals surface area contributed by atoms with Gasteiger partial charge in [0.25, 0.3) is 0 Å². The van der Waals surface area contributed by atoms with Gasteiger partial charge in [-0.2, -0.15) is 0 Å². The molecule has 0 N–H and O–H groups in total. The summed E-state index contributed by atoms with van der Waals surface area (Å²) in [6.45, 7) is 0. The van der Waals surface area contributed by atoms with E-state index in [9.17, 15) is 0 Å². The Hall–Kier alpha value is -0.188. The molecule has 2 heteroatoms. The van der Waals surface area contributed by atoms with Crippen molar-refractivity contribution in [1.82, 2.24) is 4.90 Å². The molecule has 0 spiro atoms. The molecule has 40 valence electrons. The fraction of sp³-hybridized carbons (Fsp3) is 0.333. The molecule has 0 aromatic carbocycles. The molecular formula is C6H8AlN. The van der Waals surface area contributed by atoms with Crippen LogP contribution >= 0.6 is 0 Å². The molecular weight excluding hydrogens is 113 g/mol. The molecule has 0 saturated carbocycles. The quantitative estimate of drug-likeness (QED) is 0.465. The molecule has 8 heavy (non-hydrogen) atoms. The summed E-state index contributed by atoms with van der Waals surface area (Å²) >= 11 is 2.67. The maximum absolute atomic E-state index is 2.67. The lowest BCUT2D eigenvalue weighted by atomic mass is 10.3. The Kier molecular flexibility index (Phi) is 2.20. The van der Waals surface area contributed by atoms with Gasteiger partial charge >= 0.3 is 0 Å². The molecule has 0 aliphatic carbocycles. The molecule has 0 unspecified atom stereocenters. The first-order valence-corrected chi connectivity index (χ1v) is 3.54. The lowest BCUT2D eigenvalue weighted by Gasteiger charge is -2.14. The molecule has 0 aromatic heterocycles. The van der Waals surface area contributed by atoms with E-state index in [1.54, 1.807) is 0 Å². The van der Waals surface area contributed by atoms with Crippen molar-refractivity contribution in [2.24, 2.45) is 0 Å². The van der Waals surface area contributed by atoms with Crippen LogP contribution in [0.4, 0.5) is 0 Å². The highest BCUT2D eigenvalue weighted by molar-refractivity contribution is 6.08. The number of allylic oxidation sites excluding steroid dienone is 2. The molecule has 0 fully saturated rings. The summed E-state index contributed by atoms with van der Waals surface area (Å²) in [5, 5.41) is 0.993. The number of hydrogen-bond donors (Lipinski definition) is 0. The first-order valence-electron chi connectivity index (χ1n) is 2.72. The number of hydrogen-bond acceptors (Lipinski definition) is 1. The van der Waals surface area contributed by atoms with Gasteiger partial charge in [-0.15, -0.1) is 0 Å². The molecule has 1 rings (SSSR count). The normalized spacial score (nSPS) is 17.2. The second kappa shape index (κ2) is 2.96. The Morgan fingerprint density at radius 1 is 1.38 bits per heavy atom. The molecule has 1 aliphatic rings. The summed E-state index contributed by atoms with van der Waals surface area (Å²) in [6.07, 6.45) is 9.55. The monoisotopic (exact) mass is 121 g/mol. The van der Waals surface area contributed by atoms with E-state index < -0.39 is 0 Å². The Labute approximate surface area is 58.1 Å². The third-order valence-corrected chi connectivity index (χ3v) is 1.50. The Bertz CT molecular complexity index is 106. The maximum Gasteiger partial charge on any atom is 0.154 e. The summed E-state index contributed by atoms with van der Waals surface area (Å²) in [7, 11) is 0. The van der Waals surface area contributed by atoms with Gasteiger partial charge in [-0.05, 0) is 18.8 Å². The largest absolute Gasteiger partial charge is 0.371 e. The average Bonchev–Trinajstić information content (AvgIpc) is 1.90. The molecule has 0 amide bonds. The highest BCUT2D eigenvalue weighted by Gasteiger charge is 1.89. The van der Waals surface area contributed by atoms with Crippen LogP contribution in [0.5, 0.6) is 0 Å². The van der Waals surface area contributed by atoms with Crippen LogP contribution in [-0.4, -0.2) is 26.6 Å². The second-order valence-electron chi connectivity index (χ2n) is 1.70. The average molecular weight is 121 g/mol. The molecule has 0 aromatic rings. The Balaban J connectivity index is 2.42. The standard InChI is InChI=1S/C6H8N.Al/c1-7-5-3-2-4-6-7;/h3-6H,1-2H2;. The zero-order chi connectivity index (χ0) is 5.82. The minimum absolute atomic E-state index is 0.993. The third-order valence-electron chi connectivity index (χ3n) is 1.08. The van der Waals surface area contributed by atoms with Crippen LogP contribution in [0.1, 0.15) is 6.42 Å². The van der Waals surface area contributed by atoms with E-state index in [-0.39, 0.29) is 0 Å². The lowest BCUT2D eigenvalue weighted by molar-refractivity contribution is 0.584. The van der Waals surface area contributed by atoms with Gasteiger partial charge < -0.3 is 4.90 Å². The van der Waals surface area contributed by atoms with E-state index in [1.807, 2.05) is 0 Å². The minimum atomic E-state index is 0.993. The van der Waals surface area contributed by atoms with Crippen molar-refractivity contribution >= 4 is 16.3 Å². The van der Waals surface area contributed by atoms with Gasteiger partial charge in [0, 0.05) is 0 Å². The van der Waals surface area contributed by atoms with Crippen LogP contribution in [0.25, 0.3) is 0 Å². The molecule has 0 bridgehead atoms. The van der Waals surface area contributed by atoms with Crippen LogP contribution in [0.3, 0.4) is 0 Å². The Morgan fingerprint density at radius 2 is 2.00 bits per heavy atom. The van der Waals surface area contributed by atoms with Gasteiger partial charge in [-0.3, -0.25) is 0 Å². The zero-order valence-corrected chi connectivity index (χ0v) is 5.90. The van der Waals surface area contributed by atoms with Crippen molar-refractivity contribution in [3.05, 3.63) is 24.6 Å². The van der Waals surface area contributed by atoms with Gasteiger partial charge in [0.05, 0.1) is 0 Å². The smallest absolute Gasteiger partial charge is 0.154 e. The molecule has 0 atom stereocenters. The van der Waals surface area contributed by atoms with Gasteiger partial charge in [-0.25, -0.2) is 0 Å². The van der Waals surface area contributed by atoms with Gasteiger partial charge in [-0.1, -0.05) is 17.6 Å². The fourth-order valence-electron chi connectivity index (χ4n) is 0.642. The van der Waals surface area contributed by atoms with Crippen molar-refractivity contribution in [3.8, 4) is 0 Å². The molecule has 1 aliphatic heterocycles. The highest BCUT2D eigenvalue weighted by Crippen LogP contribution is 1.99. The molecule has 1 heterocycles. The van der Waals surface area contributed by atoms with Crippen LogP contribution in [-0.2, 0) is 0 Å². The number of rotatable bonds is 1. The topological polar surface area (TPSA) is 3.24 Å². The highest BCUT2D eigenvalue weighted by atomic mass is 27.0. The van der Waals surface area contributed by atoms with Gasteiger partial charge in [0.2, 0.25) is 0 Å². The van der Waals surface area contributed by atoms with E-state index in [4.69, 9.17) is 0 Å². The molecule has 2 radical (unpaired) electrons. The lowest BCUT2D eigenvalue weighted by Crippen LogP contribution is -2.11. The molecule has 1 nitrogen and oxygen atoms in total. The van der Waals surface area contributed by atoms with E-state index in [0.29, 0.717) is 0 Å². The SMILES string of the molecule is [Al][CH2]N1C=CCC=C1. The van der Waals surface area contributed by atoms with Gasteiger partial charge in [0.1, 0.15) is 0 Å². The predicted molar refractivity (Wildman–Crippen MR) is 35.4 cm³/mol. The van der Waals surface area contributed by atoms with Crippen molar-refractivity contribution in [2.75, 3.05) is 5.41 Å². The maximum atomic E-state index is 2.67. The van der Waals surface area contributed by atoms with Crippen molar-refractivity contribution in [1.29, 1.82) is 0 Å². The van der Waals surface area contributed by atoms with E-state index >= 15 is 0 Å². The third kappa shape index (κ3) is 1.40. The van der Waals surface area contributed by atoms with Crippen molar-refractivity contribution < 1.29 is 0 Å². The summed E-state index contributed by atoms with van der Waals surface area (Å²) in [4.78, 5) is 2.12. The van der Waals surface area contributed by atoms with Crippen molar-refractivity contribution in [3.63, 3.8) is 0 Å². The summed E-state index contributed by atoms with van der Waals surface area (Å²) in [5.74, 6) is 0. The summed E-state index contributed by atoms with van der Waals surface area (Å²) in [6, 6.07) is 0. The molecule has 0 saturated heterocycles. The second-order valence-corrected chi connectivity index (χ2v) is 2.07. The van der Waals surface area contributed by atoms with Gasteiger partial charge in [0.15, 0.2) is 16.3 Å². The van der Waals surface area contributed by atoms with E-state index in [2.05, 4.69) is 45.7 Å². The van der Waals surface area contributed by atoms with Crippen LogP contribution in [0, 0.1) is 0 Å². The first-order chi connectivity index (χ1) is 3.93. The van der Waals surface area contributed by atoms with Crippen molar-refractivity contribution in [2.45, 2.75) is 6.42 Å². The van der Waals surface area contributed by atoms with E-state index in [0.717, 1.165) is 11.8 Å². The van der Waals surface area contributed by atoms with E-state index in [1.165, 1.54) is 0 Å². The minimum Gasteiger partial charge on any atom is -0.371 e. The predicted octanol–water partition coefficient (Wildman–Crippen LogP) is 0.846. The summed E-state index contributed by atoms with van der Waals surface area (Å²) in [5.41, 5.74) is 0. The first kappa shape index (κ1) is 5.94. The van der Waals surface area contributed by atoms with Crippen LogP contribution in [0.15, 0.2) is 24.6 Å². The number of nitrogens with zero attached hydrogens (tertiary/aromatic N) is 1. The fourth-order valence-corrected chi connectivity index (χ4v) is 0.886. The van der Waals surface area contributed by atoms with Crippen LogP contribution in [0.2, 0.25) is 0 Å². The Morgan fingerprint density at radius 3 is 2.38 bits per heavy atom. The summed E-state index contributed by atoms with van der Waals surface area (Å²) < 4.78 is 0. The zero-order valence-electron chi connectivity index (χ0n) is 4.75. The van der Waals surface area contributed by atoms with Crippen LogP contribution < -0.4 is 0 Å².